The Morgan fingerprint density at radius 3 is 2.46 bits per heavy atom. The van der Waals surface area contributed by atoms with E-state index in [4.69, 9.17) is 4.98 Å². The molecule has 1 heterocycles. The van der Waals surface area contributed by atoms with Gasteiger partial charge in [0.2, 0.25) is 17.7 Å². The summed E-state index contributed by atoms with van der Waals surface area (Å²) < 4.78 is 1.09. The van der Waals surface area contributed by atoms with Crippen LogP contribution in [0.3, 0.4) is 0 Å². The van der Waals surface area contributed by atoms with Crippen molar-refractivity contribution in [1.29, 1.82) is 0 Å². The number of amides is 3. The number of carbonyl (C=O) groups is 3. The number of nitrogens with zero attached hydrogens (tertiary/aromatic N) is 2. The van der Waals surface area contributed by atoms with Crippen LogP contribution in [0.15, 0.2) is 18.2 Å². The number of hydrogen-bond acceptors (Lipinski definition) is 7. The van der Waals surface area contributed by atoms with Crippen molar-refractivity contribution in [2.24, 2.45) is 11.8 Å². The lowest BCUT2D eigenvalue weighted by molar-refractivity contribution is -0.129. The van der Waals surface area contributed by atoms with Gasteiger partial charge in [0, 0.05) is 37.1 Å². The molecule has 2 aromatic rings. The molecule has 0 spiro atoms. The van der Waals surface area contributed by atoms with Gasteiger partial charge in [0.25, 0.3) is 0 Å². The lowest BCUT2D eigenvalue weighted by Gasteiger charge is -2.32. The molecule has 1 fully saturated rings. The molecule has 1 aliphatic carbocycles. The highest BCUT2D eigenvalue weighted by molar-refractivity contribution is 7.80. The smallest absolute Gasteiger partial charge is 0.243 e. The fourth-order valence-electron chi connectivity index (χ4n) is 5.35. The van der Waals surface area contributed by atoms with Gasteiger partial charge in [0.15, 0.2) is 0 Å². The van der Waals surface area contributed by atoms with Crippen LogP contribution in [-0.4, -0.2) is 72.6 Å². The second kappa shape index (κ2) is 16.5. The molecule has 0 bridgehead atoms. The number of thiol groups is 1. The molecule has 10 heteroatoms. The molecule has 3 N–H and O–H groups in total. The van der Waals surface area contributed by atoms with Gasteiger partial charge in [-0.1, -0.05) is 46.1 Å². The normalized spacial score (nSPS) is 16.5. The number of benzene rings is 1. The van der Waals surface area contributed by atoms with Crippen molar-refractivity contribution in [2.45, 2.75) is 90.1 Å². The van der Waals surface area contributed by atoms with E-state index in [1.165, 1.54) is 12.0 Å². The summed E-state index contributed by atoms with van der Waals surface area (Å²) >= 11 is 5.99. The molecular formula is C31H49N5O3S2. The van der Waals surface area contributed by atoms with Crippen molar-refractivity contribution in [3.63, 3.8) is 0 Å². The van der Waals surface area contributed by atoms with E-state index >= 15 is 0 Å². The van der Waals surface area contributed by atoms with Crippen molar-refractivity contribution in [2.75, 3.05) is 32.9 Å². The van der Waals surface area contributed by atoms with Crippen molar-refractivity contribution in [3.05, 3.63) is 28.8 Å². The summed E-state index contributed by atoms with van der Waals surface area (Å²) in [4.78, 5) is 46.1. The van der Waals surface area contributed by atoms with Gasteiger partial charge in [0.05, 0.1) is 15.2 Å². The second-order valence-corrected chi connectivity index (χ2v) is 13.4. The molecule has 0 aliphatic heterocycles. The molecule has 3 atom stereocenters. The SMILES string of the molecule is CCC(=O)N[C@@H](Cc1nc2ccc(C(C)C)cc2s1)C(=O)N[C@H](CNC(=O)[C@@H](CS)CCN(C)C)C1CCCCC1. The molecule has 1 aromatic heterocycles. The number of rotatable bonds is 15. The number of carbonyl (C=O) groups excluding carboxylic acids is 3. The molecule has 41 heavy (non-hydrogen) atoms. The summed E-state index contributed by atoms with van der Waals surface area (Å²) in [5.74, 6) is 0.569. The zero-order chi connectivity index (χ0) is 29.9. The Balaban J connectivity index is 1.75. The molecule has 8 nitrogen and oxygen atoms in total. The standard InChI is InChI=1S/C31H49N5O3S2/c1-6-28(37)33-25(17-29-34-24-13-12-22(20(2)3)16-27(24)41-29)31(39)35-26(21-10-8-7-9-11-21)18-32-30(38)23(19-40)14-15-36(4)5/h12-13,16,20-21,23,25-26,40H,6-11,14-15,17-19H2,1-5H3,(H,32,38)(H,33,37)(H,35,39)/t23-,25+,26-/m1/s1. The maximum absolute atomic E-state index is 13.7. The number of fused-ring (bicyclic) bond motifs is 1. The van der Waals surface area contributed by atoms with Crippen LogP contribution >= 0.6 is 24.0 Å². The Kier molecular flexibility index (Phi) is 13.4. The number of thiazole rings is 1. The first-order valence-corrected chi connectivity index (χ1v) is 16.6. The Morgan fingerprint density at radius 2 is 1.83 bits per heavy atom. The van der Waals surface area contributed by atoms with Gasteiger partial charge in [-0.3, -0.25) is 14.4 Å². The third-order valence-electron chi connectivity index (χ3n) is 8.03. The van der Waals surface area contributed by atoms with E-state index in [2.05, 4.69) is 59.5 Å². The fourth-order valence-corrected chi connectivity index (χ4v) is 6.75. The molecule has 3 rings (SSSR count). The average molecular weight is 604 g/mol. The van der Waals surface area contributed by atoms with E-state index in [9.17, 15) is 14.4 Å². The Bertz CT molecular complexity index is 1150. The third-order valence-corrected chi connectivity index (χ3v) is 9.51. The highest BCUT2D eigenvalue weighted by Gasteiger charge is 2.30. The van der Waals surface area contributed by atoms with Crippen LogP contribution in [-0.2, 0) is 20.8 Å². The maximum atomic E-state index is 13.7. The summed E-state index contributed by atoms with van der Waals surface area (Å²) in [6, 6.07) is 5.36. The van der Waals surface area contributed by atoms with Crippen molar-refractivity contribution in [3.8, 4) is 0 Å². The molecule has 3 amide bonds. The Hall–Kier alpha value is -2.17. The van der Waals surface area contributed by atoms with Crippen LogP contribution in [0.2, 0.25) is 0 Å². The van der Waals surface area contributed by atoms with Crippen molar-refractivity contribution in [1.82, 2.24) is 25.8 Å². The van der Waals surface area contributed by atoms with Gasteiger partial charge >= 0.3 is 0 Å². The first-order valence-electron chi connectivity index (χ1n) is 15.1. The summed E-state index contributed by atoms with van der Waals surface area (Å²) in [7, 11) is 3.99. The molecule has 1 aliphatic rings. The van der Waals surface area contributed by atoms with Gasteiger partial charge in [-0.15, -0.1) is 11.3 Å². The largest absolute Gasteiger partial charge is 0.354 e. The molecule has 1 saturated carbocycles. The van der Waals surface area contributed by atoms with E-state index < -0.39 is 6.04 Å². The molecular weight excluding hydrogens is 555 g/mol. The van der Waals surface area contributed by atoms with Gasteiger partial charge in [-0.2, -0.15) is 12.6 Å². The predicted molar refractivity (Wildman–Crippen MR) is 172 cm³/mol. The molecule has 228 valence electrons. The topological polar surface area (TPSA) is 103 Å². The quantitative estimate of drug-likeness (QED) is 0.224. The second-order valence-electron chi connectivity index (χ2n) is 11.9. The minimum atomic E-state index is -0.736. The highest BCUT2D eigenvalue weighted by atomic mass is 32.1. The van der Waals surface area contributed by atoms with Crippen molar-refractivity contribution < 1.29 is 14.4 Å². The molecule has 1 aromatic carbocycles. The lowest BCUT2D eigenvalue weighted by Crippen LogP contribution is -2.55. The Morgan fingerprint density at radius 1 is 1.10 bits per heavy atom. The van der Waals surface area contributed by atoms with E-state index in [0.29, 0.717) is 31.1 Å². The highest BCUT2D eigenvalue weighted by Crippen LogP contribution is 2.28. The van der Waals surface area contributed by atoms with E-state index in [1.54, 1.807) is 18.3 Å². The number of hydrogen-bond donors (Lipinski definition) is 4. The first kappa shape index (κ1) is 33.3. The van der Waals surface area contributed by atoms with Gasteiger partial charge in [-0.25, -0.2) is 4.98 Å². The third kappa shape index (κ3) is 10.3. The number of aromatic nitrogens is 1. The lowest BCUT2D eigenvalue weighted by atomic mass is 9.83. The monoisotopic (exact) mass is 603 g/mol. The van der Waals surface area contributed by atoms with Crippen LogP contribution < -0.4 is 16.0 Å². The average Bonchev–Trinajstić information content (AvgIpc) is 3.36. The predicted octanol–water partition coefficient (Wildman–Crippen LogP) is 4.54. The van der Waals surface area contributed by atoms with Crippen LogP contribution in [0.4, 0.5) is 0 Å². The van der Waals surface area contributed by atoms with Gasteiger partial charge in [0.1, 0.15) is 6.04 Å². The zero-order valence-electron chi connectivity index (χ0n) is 25.4. The zero-order valence-corrected chi connectivity index (χ0v) is 27.1. The fraction of sp³-hybridized carbons (Fsp3) is 0.677. The van der Waals surface area contributed by atoms with Crippen LogP contribution in [0.1, 0.15) is 82.2 Å². The number of nitrogens with one attached hydrogen (secondary N) is 3. The minimum Gasteiger partial charge on any atom is -0.354 e. The summed E-state index contributed by atoms with van der Waals surface area (Å²) in [5.41, 5.74) is 2.16. The van der Waals surface area contributed by atoms with E-state index in [-0.39, 0.29) is 35.6 Å². The van der Waals surface area contributed by atoms with Gasteiger partial charge < -0.3 is 20.9 Å². The van der Waals surface area contributed by atoms with Crippen molar-refractivity contribution >= 4 is 51.9 Å². The van der Waals surface area contributed by atoms with Crippen LogP contribution in [0.25, 0.3) is 10.2 Å². The summed E-state index contributed by atoms with van der Waals surface area (Å²) in [6.45, 7) is 7.29. The summed E-state index contributed by atoms with van der Waals surface area (Å²) in [5, 5.41) is 10.1. The first-order chi connectivity index (χ1) is 19.6. The molecule has 0 saturated heterocycles. The van der Waals surface area contributed by atoms with Crippen LogP contribution in [0, 0.1) is 11.8 Å². The van der Waals surface area contributed by atoms with Gasteiger partial charge in [-0.05, 0) is 69.4 Å². The van der Waals surface area contributed by atoms with E-state index in [1.807, 2.05) is 20.2 Å². The van der Waals surface area contributed by atoms with Crippen LogP contribution in [0.5, 0.6) is 0 Å². The molecule has 0 unspecified atom stereocenters. The Labute approximate surface area is 255 Å². The maximum Gasteiger partial charge on any atom is 0.243 e. The van der Waals surface area contributed by atoms with E-state index in [0.717, 1.165) is 53.9 Å². The summed E-state index contributed by atoms with van der Waals surface area (Å²) in [6.07, 6.45) is 6.81. The minimum absolute atomic E-state index is 0.0250. The molecule has 0 radical (unpaired) electrons.